The third kappa shape index (κ3) is 5.45. The van der Waals surface area contributed by atoms with E-state index in [4.69, 9.17) is 0 Å². The summed E-state index contributed by atoms with van der Waals surface area (Å²) in [5.74, 6) is 0.995. The zero-order chi connectivity index (χ0) is 19.1. The topological polar surface area (TPSA) is 59.8 Å². The summed E-state index contributed by atoms with van der Waals surface area (Å²) in [7, 11) is 0. The predicted octanol–water partition coefficient (Wildman–Crippen LogP) is 4.19. The number of thioether (sulfide) groups is 1. The van der Waals surface area contributed by atoms with E-state index in [1.165, 1.54) is 31.2 Å². The zero-order valence-corrected chi connectivity index (χ0v) is 17.0. The number of amides is 1. The van der Waals surface area contributed by atoms with Crippen molar-refractivity contribution < 1.29 is 4.79 Å². The molecule has 0 radical (unpaired) electrons. The van der Waals surface area contributed by atoms with Crippen molar-refractivity contribution in [1.82, 2.24) is 20.1 Å². The van der Waals surface area contributed by atoms with Gasteiger partial charge in [-0.3, -0.25) is 4.79 Å². The molecule has 0 unspecified atom stereocenters. The van der Waals surface area contributed by atoms with Gasteiger partial charge in [0.1, 0.15) is 5.82 Å². The first-order valence-electron chi connectivity index (χ1n) is 9.67. The fraction of sp³-hybridized carbons (Fsp3) is 0.476. The van der Waals surface area contributed by atoms with Crippen LogP contribution in [0.5, 0.6) is 0 Å². The smallest absolute Gasteiger partial charge is 0.243 e. The first-order chi connectivity index (χ1) is 13.2. The van der Waals surface area contributed by atoms with Crippen molar-refractivity contribution in [2.24, 2.45) is 0 Å². The van der Waals surface area contributed by atoms with Crippen LogP contribution in [0.2, 0.25) is 0 Å². The Morgan fingerprint density at radius 2 is 2.15 bits per heavy atom. The third-order valence-electron chi connectivity index (χ3n) is 4.95. The molecule has 1 fully saturated rings. The summed E-state index contributed by atoms with van der Waals surface area (Å²) in [6.07, 6.45) is 12.2. The van der Waals surface area contributed by atoms with Gasteiger partial charge in [-0.15, -0.1) is 10.2 Å². The Hall–Kier alpha value is -2.08. The molecule has 1 aliphatic carbocycles. The van der Waals surface area contributed by atoms with Gasteiger partial charge in [-0.2, -0.15) is 0 Å². The molecule has 1 heterocycles. The number of aryl methyl sites for hydroxylation is 2. The molecule has 27 heavy (non-hydrogen) atoms. The van der Waals surface area contributed by atoms with E-state index in [1.807, 2.05) is 31.2 Å². The largest absolute Gasteiger partial charge is 0.353 e. The van der Waals surface area contributed by atoms with Gasteiger partial charge in [0.05, 0.1) is 0 Å². The molecule has 1 aromatic carbocycles. The molecule has 5 nitrogen and oxygen atoms in total. The first kappa shape index (κ1) is 19.7. The predicted molar refractivity (Wildman–Crippen MR) is 111 cm³/mol. The average Bonchev–Trinajstić information content (AvgIpc) is 3.32. The van der Waals surface area contributed by atoms with E-state index in [0.29, 0.717) is 12.6 Å². The summed E-state index contributed by atoms with van der Waals surface area (Å²) in [6, 6.07) is 8.64. The van der Waals surface area contributed by atoms with Crippen LogP contribution in [0.3, 0.4) is 0 Å². The Morgan fingerprint density at radius 1 is 1.33 bits per heavy atom. The quantitative estimate of drug-likeness (QED) is 0.421. The Bertz CT molecular complexity index is 793. The van der Waals surface area contributed by atoms with Crippen LogP contribution in [0.4, 0.5) is 0 Å². The molecule has 0 spiro atoms. The summed E-state index contributed by atoms with van der Waals surface area (Å²) in [5, 5.41) is 12.7. The summed E-state index contributed by atoms with van der Waals surface area (Å²) in [5.41, 5.74) is 2.23. The van der Waals surface area contributed by atoms with Gasteiger partial charge in [0.15, 0.2) is 5.16 Å². The SMILES string of the molecule is CSc1nnc(CCCNC(=O)/C=C/c2cccc(C)c2)n1C1CCCC1. The van der Waals surface area contributed by atoms with Crippen molar-refractivity contribution in [2.45, 2.75) is 56.6 Å². The molecule has 0 bridgehead atoms. The van der Waals surface area contributed by atoms with E-state index in [-0.39, 0.29) is 5.91 Å². The maximum absolute atomic E-state index is 12.0. The molecule has 0 saturated heterocycles. The maximum atomic E-state index is 12.0. The van der Waals surface area contributed by atoms with Crippen LogP contribution in [-0.2, 0) is 11.2 Å². The van der Waals surface area contributed by atoms with Gasteiger partial charge >= 0.3 is 0 Å². The molecule has 1 aliphatic rings. The molecule has 0 aliphatic heterocycles. The number of hydrogen-bond acceptors (Lipinski definition) is 4. The highest BCUT2D eigenvalue weighted by Gasteiger charge is 2.23. The van der Waals surface area contributed by atoms with Crippen molar-refractivity contribution in [2.75, 3.05) is 12.8 Å². The summed E-state index contributed by atoms with van der Waals surface area (Å²) in [6.45, 7) is 2.69. The number of aromatic nitrogens is 3. The second-order valence-electron chi connectivity index (χ2n) is 7.05. The molecule has 144 valence electrons. The lowest BCUT2D eigenvalue weighted by atomic mass is 10.1. The van der Waals surface area contributed by atoms with E-state index in [2.05, 4.69) is 32.4 Å². The van der Waals surface area contributed by atoms with Gasteiger partial charge in [0.25, 0.3) is 0 Å². The number of hydrogen-bond donors (Lipinski definition) is 1. The molecular weight excluding hydrogens is 356 g/mol. The van der Waals surface area contributed by atoms with E-state index in [1.54, 1.807) is 17.8 Å². The van der Waals surface area contributed by atoms with E-state index in [0.717, 1.165) is 29.4 Å². The van der Waals surface area contributed by atoms with E-state index in [9.17, 15) is 4.79 Å². The molecule has 3 rings (SSSR count). The molecule has 6 heteroatoms. The molecule has 1 amide bonds. The number of carbonyl (C=O) groups excluding carboxylic acids is 1. The number of nitrogens with one attached hydrogen (secondary N) is 1. The number of carbonyl (C=O) groups is 1. The number of benzene rings is 1. The van der Waals surface area contributed by atoms with Crippen LogP contribution in [0.15, 0.2) is 35.5 Å². The number of nitrogens with zero attached hydrogens (tertiary/aromatic N) is 3. The van der Waals surface area contributed by atoms with Gasteiger partial charge in [0, 0.05) is 25.1 Å². The molecule has 0 atom stereocenters. The monoisotopic (exact) mass is 384 g/mol. The summed E-state index contributed by atoms with van der Waals surface area (Å²) < 4.78 is 2.33. The Labute approximate surface area is 165 Å². The van der Waals surface area contributed by atoms with Crippen molar-refractivity contribution in [3.63, 3.8) is 0 Å². The van der Waals surface area contributed by atoms with Gasteiger partial charge in [-0.1, -0.05) is 54.4 Å². The maximum Gasteiger partial charge on any atom is 0.243 e. The van der Waals surface area contributed by atoms with E-state index >= 15 is 0 Å². The molecule has 2 aromatic rings. The highest BCUT2D eigenvalue weighted by molar-refractivity contribution is 7.98. The van der Waals surface area contributed by atoms with Crippen molar-refractivity contribution in [1.29, 1.82) is 0 Å². The standard InChI is InChI=1S/C21H28N4OS/c1-16-7-5-8-17(15-16)12-13-20(26)22-14-6-11-19-23-24-21(27-2)25(19)18-9-3-4-10-18/h5,7-8,12-13,15,18H,3-4,6,9-11,14H2,1-2H3,(H,22,26)/b13-12+. The third-order valence-corrected chi connectivity index (χ3v) is 5.60. The highest BCUT2D eigenvalue weighted by Crippen LogP contribution is 2.33. The van der Waals surface area contributed by atoms with Gasteiger partial charge in [0.2, 0.25) is 5.91 Å². The molecule has 1 saturated carbocycles. The minimum Gasteiger partial charge on any atom is -0.353 e. The van der Waals surface area contributed by atoms with Crippen molar-refractivity contribution >= 4 is 23.7 Å². The Kier molecular flexibility index (Phi) is 7.10. The molecule has 1 N–H and O–H groups in total. The normalized spacial score (nSPS) is 14.9. The first-order valence-corrected chi connectivity index (χ1v) is 10.9. The lowest BCUT2D eigenvalue weighted by Crippen LogP contribution is -2.23. The fourth-order valence-electron chi connectivity index (χ4n) is 3.61. The Balaban J connectivity index is 1.47. The average molecular weight is 385 g/mol. The fourth-order valence-corrected chi connectivity index (χ4v) is 4.18. The van der Waals surface area contributed by atoms with Gasteiger partial charge < -0.3 is 9.88 Å². The summed E-state index contributed by atoms with van der Waals surface area (Å²) >= 11 is 1.66. The van der Waals surface area contributed by atoms with Crippen molar-refractivity contribution in [3.8, 4) is 0 Å². The molecule has 1 aromatic heterocycles. The number of rotatable bonds is 8. The minimum atomic E-state index is -0.0569. The molecular formula is C21H28N4OS. The van der Waals surface area contributed by atoms with Crippen LogP contribution in [-0.4, -0.2) is 33.5 Å². The Morgan fingerprint density at radius 3 is 2.89 bits per heavy atom. The second kappa shape index (κ2) is 9.74. The van der Waals surface area contributed by atoms with Crippen LogP contribution < -0.4 is 5.32 Å². The van der Waals surface area contributed by atoms with E-state index < -0.39 is 0 Å². The van der Waals surface area contributed by atoms with Crippen molar-refractivity contribution in [3.05, 3.63) is 47.3 Å². The highest BCUT2D eigenvalue weighted by atomic mass is 32.2. The van der Waals surface area contributed by atoms with Gasteiger partial charge in [-0.25, -0.2) is 0 Å². The minimum absolute atomic E-state index is 0.0569. The van der Waals surface area contributed by atoms with Crippen LogP contribution in [0.1, 0.15) is 55.1 Å². The van der Waals surface area contributed by atoms with Crippen LogP contribution in [0.25, 0.3) is 6.08 Å². The van der Waals surface area contributed by atoms with Crippen LogP contribution >= 0.6 is 11.8 Å². The lowest BCUT2D eigenvalue weighted by Gasteiger charge is -2.16. The second-order valence-corrected chi connectivity index (χ2v) is 7.83. The van der Waals surface area contributed by atoms with Crippen LogP contribution in [0, 0.1) is 6.92 Å². The van der Waals surface area contributed by atoms with Gasteiger partial charge in [-0.05, 0) is 44.1 Å². The summed E-state index contributed by atoms with van der Waals surface area (Å²) in [4.78, 5) is 12.0. The lowest BCUT2D eigenvalue weighted by molar-refractivity contribution is -0.116. The zero-order valence-electron chi connectivity index (χ0n) is 16.1.